The number of rotatable bonds is 5. The van der Waals surface area contributed by atoms with E-state index in [9.17, 15) is 0 Å². The number of nitrogens with zero attached hydrogens (tertiary/aromatic N) is 8. The van der Waals surface area contributed by atoms with E-state index >= 15 is 0 Å². The lowest BCUT2D eigenvalue weighted by Crippen LogP contribution is -2.15. The highest BCUT2D eigenvalue weighted by Gasteiger charge is 2.16. The fourth-order valence-corrected chi connectivity index (χ4v) is 2.44. The molecule has 0 bridgehead atoms. The highest BCUT2D eigenvalue weighted by molar-refractivity contribution is 5.38. The summed E-state index contributed by atoms with van der Waals surface area (Å²) in [6.07, 6.45) is 6.81. The number of anilines is 1. The zero-order valence-electron chi connectivity index (χ0n) is 13.4. The highest BCUT2D eigenvalue weighted by atomic mass is 15.5. The predicted molar refractivity (Wildman–Crippen MR) is 90.3 cm³/mol. The summed E-state index contributed by atoms with van der Waals surface area (Å²) in [7, 11) is 0. The van der Waals surface area contributed by atoms with E-state index in [0.717, 1.165) is 5.69 Å². The third-order valence-corrected chi connectivity index (χ3v) is 3.61. The summed E-state index contributed by atoms with van der Waals surface area (Å²) in [4.78, 5) is 8.73. The molecule has 0 spiro atoms. The quantitative estimate of drug-likeness (QED) is 0.594. The SMILES string of the molecule is CC(Nc1cncc(-n2cccn2)n1)c1nnnn1-c1ccccc1. The Morgan fingerprint density at radius 1 is 1.08 bits per heavy atom. The van der Waals surface area contributed by atoms with Gasteiger partial charge in [-0.15, -0.1) is 5.10 Å². The van der Waals surface area contributed by atoms with Crippen molar-refractivity contribution in [2.75, 3.05) is 5.32 Å². The van der Waals surface area contributed by atoms with Crippen LogP contribution in [0.25, 0.3) is 11.5 Å². The molecule has 0 fully saturated rings. The van der Waals surface area contributed by atoms with Crippen LogP contribution in [0, 0.1) is 0 Å². The minimum absolute atomic E-state index is 0.169. The van der Waals surface area contributed by atoms with E-state index in [0.29, 0.717) is 17.5 Å². The predicted octanol–water partition coefficient (Wildman–Crippen LogP) is 1.81. The Hall–Kier alpha value is -3.62. The first-order valence-corrected chi connectivity index (χ1v) is 7.73. The van der Waals surface area contributed by atoms with Gasteiger partial charge in [0.15, 0.2) is 11.6 Å². The molecule has 4 aromatic rings. The average molecular weight is 333 g/mol. The van der Waals surface area contributed by atoms with Crippen molar-refractivity contribution in [1.82, 2.24) is 40.0 Å². The van der Waals surface area contributed by atoms with Crippen molar-refractivity contribution in [2.45, 2.75) is 13.0 Å². The lowest BCUT2D eigenvalue weighted by atomic mass is 10.3. The van der Waals surface area contributed by atoms with Crippen LogP contribution in [-0.2, 0) is 0 Å². The molecule has 0 saturated heterocycles. The Morgan fingerprint density at radius 3 is 2.76 bits per heavy atom. The van der Waals surface area contributed by atoms with Gasteiger partial charge in [-0.05, 0) is 35.5 Å². The standard InChI is InChI=1S/C16H15N9/c1-12(16-21-22-23-25(16)13-6-3-2-4-7-13)19-14-10-17-11-15(20-14)24-9-5-8-18-24/h2-12H,1H3,(H,19,20). The molecule has 1 atom stereocenters. The van der Waals surface area contributed by atoms with Crippen LogP contribution >= 0.6 is 0 Å². The summed E-state index contributed by atoms with van der Waals surface area (Å²) in [5.74, 6) is 1.92. The highest BCUT2D eigenvalue weighted by Crippen LogP contribution is 2.18. The Bertz CT molecular complexity index is 947. The van der Waals surface area contributed by atoms with E-state index in [-0.39, 0.29) is 6.04 Å². The molecule has 3 aromatic heterocycles. The van der Waals surface area contributed by atoms with Crippen LogP contribution in [0.4, 0.5) is 5.82 Å². The van der Waals surface area contributed by atoms with E-state index in [2.05, 4.69) is 35.9 Å². The number of para-hydroxylation sites is 1. The number of benzene rings is 1. The van der Waals surface area contributed by atoms with Gasteiger partial charge in [0, 0.05) is 12.4 Å². The van der Waals surface area contributed by atoms with Crippen molar-refractivity contribution < 1.29 is 0 Å². The van der Waals surface area contributed by atoms with Crippen molar-refractivity contribution in [2.24, 2.45) is 0 Å². The van der Waals surface area contributed by atoms with Gasteiger partial charge < -0.3 is 5.32 Å². The molecule has 0 aliphatic carbocycles. The van der Waals surface area contributed by atoms with Crippen LogP contribution in [0.15, 0.2) is 61.2 Å². The molecule has 9 heteroatoms. The van der Waals surface area contributed by atoms with Gasteiger partial charge in [0.1, 0.15) is 5.82 Å². The average Bonchev–Trinajstić information content (AvgIpc) is 3.34. The summed E-state index contributed by atoms with van der Waals surface area (Å²) < 4.78 is 3.35. The van der Waals surface area contributed by atoms with E-state index in [4.69, 9.17) is 0 Å². The maximum absolute atomic E-state index is 4.52. The van der Waals surface area contributed by atoms with Crippen molar-refractivity contribution in [3.8, 4) is 11.5 Å². The summed E-state index contributed by atoms with van der Waals surface area (Å²) in [6.45, 7) is 1.97. The molecule has 3 heterocycles. The van der Waals surface area contributed by atoms with Gasteiger partial charge >= 0.3 is 0 Å². The molecule has 25 heavy (non-hydrogen) atoms. The molecule has 9 nitrogen and oxygen atoms in total. The Labute approximate surface area is 143 Å². The molecule has 0 amide bonds. The lowest BCUT2D eigenvalue weighted by molar-refractivity contribution is 0.714. The molecule has 124 valence electrons. The summed E-state index contributed by atoms with van der Waals surface area (Å²) in [5, 5.41) is 19.4. The Kier molecular flexibility index (Phi) is 3.87. The second-order valence-corrected chi connectivity index (χ2v) is 5.36. The lowest BCUT2D eigenvalue weighted by Gasteiger charge is -2.14. The smallest absolute Gasteiger partial charge is 0.178 e. The fourth-order valence-electron chi connectivity index (χ4n) is 2.44. The van der Waals surface area contributed by atoms with Gasteiger partial charge in [0.2, 0.25) is 0 Å². The van der Waals surface area contributed by atoms with Gasteiger partial charge in [-0.1, -0.05) is 18.2 Å². The maximum Gasteiger partial charge on any atom is 0.178 e. The second kappa shape index (κ2) is 6.48. The fraction of sp³-hybridized carbons (Fsp3) is 0.125. The summed E-state index contributed by atoms with van der Waals surface area (Å²) >= 11 is 0. The first-order valence-electron chi connectivity index (χ1n) is 7.73. The minimum atomic E-state index is -0.169. The molecular formula is C16H15N9. The van der Waals surface area contributed by atoms with Crippen molar-refractivity contribution >= 4 is 5.82 Å². The van der Waals surface area contributed by atoms with Crippen molar-refractivity contribution in [1.29, 1.82) is 0 Å². The van der Waals surface area contributed by atoms with Crippen LogP contribution in [0.3, 0.4) is 0 Å². The largest absolute Gasteiger partial charge is 0.359 e. The molecule has 0 saturated carbocycles. The number of hydrogen-bond donors (Lipinski definition) is 1. The first-order chi connectivity index (χ1) is 12.3. The number of tetrazole rings is 1. The van der Waals surface area contributed by atoms with Gasteiger partial charge in [-0.3, -0.25) is 4.98 Å². The van der Waals surface area contributed by atoms with Gasteiger partial charge in [-0.25, -0.2) is 9.67 Å². The zero-order valence-corrected chi connectivity index (χ0v) is 13.4. The monoisotopic (exact) mass is 333 g/mol. The van der Waals surface area contributed by atoms with Crippen LogP contribution < -0.4 is 5.32 Å². The number of aromatic nitrogens is 8. The molecule has 1 aromatic carbocycles. The number of hydrogen-bond acceptors (Lipinski definition) is 7. The third kappa shape index (κ3) is 3.07. The van der Waals surface area contributed by atoms with Crippen molar-refractivity contribution in [3.05, 3.63) is 67.0 Å². The topological polar surface area (TPSA) is 99.2 Å². The normalized spacial score (nSPS) is 12.0. The number of nitrogens with one attached hydrogen (secondary N) is 1. The van der Waals surface area contributed by atoms with Crippen molar-refractivity contribution in [3.63, 3.8) is 0 Å². The van der Waals surface area contributed by atoms with E-state index in [1.165, 1.54) is 0 Å². The minimum Gasteiger partial charge on any atom is -0.359 e. The first kappa shape index (κ1) is 14.9. The van der Waals surface area contributed by atoms with Crippen LogP contribution in [0.2, 0.25) is 0 Å². The second-order valence-electron chi connectivity index (χ2n) is 5.36. The summed E-state index contributed by atoms with van der Waals surface area (Å²) in [5.41, 5.74) is 0.896. The van der Waals surface area contributed by atoms with E-state index in [1.54, 1.807) is 28.0 Å². The molecule has 1 N–H and O–H groups in total. The Morgan fingerprint density at radius 2 is 1.96 bits per heavy atom. The zero-order chi connectivity index (χ0) is 17.1. The van der Waals surface area contributed by atoms with E-state index in [1.807, 2.05) is 49.5 Å². The summed E-state index contributed by atoms with van der Waals surface area (Å²) in [6, 6.07) is 11.4. The van der Waals surface area contributed by atoms with E-state index < -0.39 is 0 Å². The van der Waals surface area contributed by atoms with Crippen LogP contribution in [0.1, 0.15) is 18.8 Å². The molecule has 0 radical (unpaired) electrons. The van der Waals surface area contributed by atoms with Gasteiger partial charge in [-0.2, -0.15) is 9.78 Å². The van der Waals surface area contributed by atoms with Gasteiger partial charge in [0.25, 0.3) is 0 Å². The maximum atomic E-state index is 4.52. The molecule has 4 rings (SSSR count). The molecule has 0 aliphatic rings. The van der Waals surface area contributed by atoms with Crippen LogP contribution in [-0.4, -0.2) is 40.0 Å². The van der Waals surface area contributed by atoms with Crippen LogP contribution in [0.5, 0.6) is 0 Å². The molecule has 0 aliphatic heterocycles. The van der Waals surface area contributed by atoms with Gasteiger partial charge in [0.05, 0.1) is 24.1 Å². The molecule has 1 unspecified atom stereocenters. The Balaban J connectivity index is 1.59. The molecular weight excluding hydrogens is 318 g/mol. The third-order valence-electron chi connectivity index (χ3n) is 3.61.